The quantitative estimate of drug-likeness (QED) is 0.676. The minimum Gasteiger partial charge on any atom is -0.379 e. The van der Waals surface area contributed by atoms with Crippen molar-refractivity contribution in [3.05, 3.63) is 77.0 Å². The van der Waals surface area contributed by atoms with E-state index in [1.54, 1.807) is 6.07 Å². The smallest absolute Gasteiger partial charge is 0.273 e. The predicted molar refractivity (Wildman–Crippen MR) is 115 cm³/mol. The molecule has 0 unspecified atom stereocenters. The summed E-state index contributed by atoms with van der Waals surface area (Å²) in [6.07, 6.45) is 0. The molecule has 0 radical (unpaired) electrons. The summed E-state index contributed by atoms with van der Waals surface area (Å²) in [7, 11) is 0. The Kier molecular flexibility index (Phi) is 6.26. The Hall–Kier alpha value is -2.96. The van der Waals surface area contributed by atoms with Gasteiger partial charge in [-0.15, -0.1) is 0 Å². The summed E-state index contributed by atoms with van der Waals surface area (Å²) >= 11 is 0. The molecule has 1 N–H and O–H groups in total. The van der Waals surface area contributed by atoms with E-state index >= 15 is 0 Å². The van der Waals surface area contributed by atoms with Crippen molar-refractivity contribution in [1.82, 2.24) is 15.4 Å². The van der Waals surface area contributed by atoms with Gasteiger partial charge in [0.05, 0.1) is 19.3 Å². The predicted octanol–water partition coefficient (Wildman–Crippen LogP) is 3.76. The van der Waals surface area contributed by atoms with Gasteiger partial charge in [-0.2, -0.15) is 0 Å². The number of nitrogens with one attached hydrogen (secondary N) is 1. The molecule has 2 heterocycles. The van der Waals surface area contributed by atoms with Crippen LogP contribution >= 0.6 is 0 Å². The van der Waals surface area contributed by atoms with Gasteiger partial charge in [-0.1, -0.05) is 64.8 Å². The van der Waals surface area contributed by atoms with Gasteiger partial charge in [-0.25, -0.2) is 0 Å². The number of amides is 1. The molecule has 1 atom stereocenters. The molecule has 1 aliphatic heterocycles. The summed E-state index contributed by atoms with van der Waals surface area (Å²) < 4.78 is 10.9. The molecule has 6 nitrogen and oxygen atoms in total. The molecule has 3 aromatic rings. The Morgan fingerprint density at radius 2 is 1.67 bits per heavy atom. The number of hydrogen-bond acceptors (Lipinski definition) is 5. The van der Waals surface area contributed by atoms with E-state index in [4.69, 9.17) is 9.26 Å². The topological polar surface area (TPSA) is 67.6 Å². The molecule has 6 heteroatoms. The average Bonchev–Trinajstić information content (AvgIpc) is 3.27. The maximum Gasteiger partial charge on any atom is 0.273 e. The maximum atomic E-state index is 12.7. The first kappa shape index (κ1) is 20.3. The van der Waals surface area contributed by atoms with Crippen molar-refractivity contribution in [2.24, 2.45) is 0 Å². The van der Waals surface area contributed by atoms with Gasteiger partial charge in [0.15, 0.2) is 11.5 Å². The Morgan fingerprint density at radius 3 is 2.33 bits per heavy atom. The van der Waals surface area contributed by atoms with Crippen LogP contribution in [0.1, 0.15) is 33.2 Å². The van der Waals surface area contributed by atoms with Gasteiger partial charge in [0, 0.05) is 31.3 Å². The zero-order chi connectivity index (χ0) is 20.9. The number of hydrogen-bond donors (Lipinski definition) is 1. The van der Waals surface area contributed by atoms with Gasteiger partial charge in [-0.05, 0) is 19.4 Å². The largest absolute Gasteiger partial charge is 0.379 e. The molecule has 0 bridgehead atoms. The fourth-order valence-corrected chi connectivity index (χ4v) is 3.65. The van der Waals surface area contributed by atoms with Crippen molar-refractivity contribution in [2.75, 3.05) is 32.8 Å². The molecule has 1 fully saturated rings. The summed E-state index contributed by atoms with van der Waals surface area (Å²) in [6.45, 7) is 7.70. The van der Waals surface area contributed by atoms with Gasteiger partial charge in [0.1, 0.15) is 0 Å². The molecular weight excluding hydrogens is 378 g/mol. The van der Waals surface area contributed by atoms with Crippen molar-refractivity contribution in [3.63, 3.8) is 0 Å². The highest BCUT2D eigenvalue weighted by Crippen LogP contribution is 2.23. The normalized spacial score (nSPS) is 15.7. The first-order chi connectivity index (χ1) is 14.6. The van der Waals surface area contributed by atoms with Gasteiger partial charge < -0.3 is 14.6 Å². The van der Waals surface area contributed by atoms with Crippen molar-refractivity contribution in [2.45, 2.75) is 19.9 Å². The van der Waals surface area contributed by atoms with Crippen LogP contribution in [-0.4, -0.2) is 48.8 Å². The number of aryl methyl sites for hydroxylation is 2. The standard InChI is InChI=1S/C24H27N3O3/c1-17-3-7-19(8-4-17)22(27-11-13-29-14-12-27)16-25-24(28)21-15-23(30-26-21)20-9-5-18(2)6-10-20/h3-10,15,22H,11-14,16H2,1-2H3,(H,25,28)/t22-/m0/s1. The van der Waals surface area contributed by atoms with Crippen LogP contribution in [0.2, 0.25) is 0 Å². The van der Waals surface area contributed by atoms with Crippen molar-refractivity contribution in [3.8, 4) is 11.3 Å². The number of ether oxygens (including phenoxy) is 1. The second kappa shape index (κ2) is 9.24. The van der Waals surface area contributed by atoms with E-state index in [0.29, 0.717) is 25.5 Å². The van der Waals surface area contributed by atoms with Gasteiger partial charge >= 0.3 is 0 Å². The van der Waals surface area contributed by atoms with Crippen LogP contribution in [0.5, 0.6) is 0 Å². The van der Waals surface area contributed by atoms with E-state index < -0.39 is 0 Å². The minimum atomic E-state index is -0.234. The lowest BCUT2D eigenvalue weighted by Gasteiger charge is -2.35. The fourth-order valence-electron chi connectivity index (χ4n) is 3.65. The van der Waals surface area contributed by atoms with Crippen molar-refractivity contribution in [1.29, 1.82) is 0 Å². The van der Waals surface area contributed by atoms with Crippen molar-refractivity contribution >= 4 is 5.91 Å². The molecule has 156 valence electrons. The van der Waals surface area contributed by atoms with E-state index in [2.05, 4.69) is 46.6 Å². The van der Waals surface area contributed by atoms with Crippen LogP contribution in [0.3, 0.4) is 0 Å². The van der Waals surface area contributed by atoms with Crippen molar-refractivity contribution < 1.29 is 14.1 Å². The first-order valence-corrected chi connectivity index (χ1v) is 10.3. The van der Waals surface area contributed by atoms with Crippen LogP contribution in [-0.2, 0) is 4.74 Å². The molecule has 1 saturated heterocycles. The molecule has 1 aliphatic rings. The number of benzene rings is 2. The molecule has 30 heavy (non-hydrogen) atoms. The first-order valence-electron chi connectivity index (χ1n) is 10.3. The summed E-state index contributed by atoms with van der Waals surface area (Å²) in [6, 6.07) is 18.2. The van der Waals surface area contributed by atoms with Crippen LogP contribution < -0.4 is 5.32 Å². The monoisotopic (exact) mass is 405 g/mol. The highest BCUT2D eigenvalue weighted by atomic mass is 16.5. The van der Waals surface area contributed by atoms with Crippen LogP contribution in [0.4, 0.5) is 0 Å². The average molecular weight is 405 g/mol. The highest BCUT2D eigenvalue weighted by Gasteiger charge is 2.24. The number of carbonyl (C=O) groups excluding carboxylic acids is 1. The lowest BCUT2D eigenvalue weighted by Crippen LogP contribution is -2.43. The summed E-state index contributed by atoms with van der Waals surface area (Å²) in [5.41, 5.74) is 4.76. The van der Waals surface area contributed by atoms with E-state index in [1.165, 1.54) is 16.7 Å². The van der Waals surface area contributed by atoms with Crippen LogP contribution in [0.25, 0.3) is 11.3 Å². The second-order valence-electron chi connectivity index (χ2n) is 7.73. The number of aromatic nitrogens is 1. The van der Waals surface area contributed by atoms with Gasteiger partial charge in [0.2, 0.25) is 0 Å². The zero-order valence-corrected chi connectivity index (χ0v) is 17.4. The Labute approximate surface area is 176 Å². The van der Waals surface area contributed by atoms with Crippen LogP contribution in [0, 0.1) is 13.8 Å². The maximum absolute atomic E-state index is 12.7. The second-order valence-corrected chi connectivity index (χ2v) is 7.73. The van der Waals surface area contributed by atoms with Crippen LogP contribution in [0.15, 0.2) is 59.1 Å². The van der Waals surface area contributed by atoms with Gasteiger partial charge in [0.25, 0.3) is 5.91 Å². The number of morpholine rings is 1. The zero-order valence-electron chi connectivity index (χ0n) is 17.4. The molecule has 0 spiro atoms. The summed E-state index contributed by atoms with van der Waals surface area (Å²) in [4.78, 5) is 15.1. The Bertz CT molecular complexity index is 974. The Morgan fingerprint density at radius 1 is 1.03 bits per heavy atom. The SMILES string of the molecule is Cc1ccc(-c2cc(C(=O)NC[C@@H](c3ccc(C)cc3)N3CCOCC3)no2)cc1. The third kappa shape index (κ3) is 4.78. The molecule has 4 rings (SSSR count). The summed E-state index contributed by atoms with van der Waals surface area (Å²) in [5.74, 6) is 0.353. The van der Waals surface area contributed by atoms with E-state index in [1.807, 2.05) is 31.2 Å². The van der Waals surface area contributed by atoms with E-state index in [-0.39, 0.29) is 17.6 Å². The lowest BCUT2D eigenvalue weighted by atomic mass is 10.0. The number of carbonyl (C=O) groups is 1. The molecule has 0 aliphatic carbocycles. The minimum absolute atomic E-state index is 0.0851. The van der Waals surface area contributed by atoms with Gasteiger partial charge in [-0.3, -0.25) is 9.69 Å². The van der Waals surface area contributed by atoms with E-state index in [0.717, 1.165) is 18.7 Å². The summed E-state index contributed by atoms with van der Waals surface area (Å²) in [5, 5.41) is 7.01. The Balaban J connectivity index is 1.45. The molecule has 0 saturated carbocycles. The number of rotatable bonds is 6. The highest BCUT2D eigenvalue weighted by molar-refractivity contribution is 5.93. The van der Waals surface area contributed by atoms with E-state index in [9.17, 15) is 4.79 Å². The third-order valence-corrected chi connectivity index (χ3v) is 5.48. The molecule has 1 amide bonds. The molecular formula is C24H27N3O3. The molecule has 2 aromatic carbocycles. The number of nitrogens with zero attached hydrogens (tertiary/aromatic N) is 2. The lowest BCUT2D eigenvalue weighted by molar-refractivity contribution is 0.0162. The third-order valence-electron chi connectivity index (χ3n) is 5.48. The fraction of sp³-hybridized carbons (Fsp3) is 0.333. The molecule has 1 aromatic heterocycles.